The highest BCUT2D eigenvalue weighted by Crippen LogP contribution is 2.35. The van der Waals surface area contributed by atoms with E-state index < -0.39 is 0 Å². The van der Waals surface area contributed by atoms with E-state index in [1.165, 1.54) is 11.3 Å². The molecule has 0 spiro atoms. The smallest absolute Gasteiger partial charge is 0.238 e. The monoisotopic (exact) mass is 483 g/mol. The second-order valence-electron chi connectivity index (χ2n) is 8.74. The van der Waals surface area contributed by atoms with Crippen molar-refractivity contribution < 1.29 is 14.0 Å². The van der Waals surface area contributed by atoms with Gasteiger partial charge in [0.2, 0.25) is 5.71 Å². The van der Waals surface area contributed by atoms with E-state index in [0.717, 1.165) is 37.9 Å². The molecule has 5 heteroatoms. The normalized spacial score (nSPS) is 13.1. The summed E-state index contributed by atoms with van der Waals surface area (Å²) < 4.78 is 6.88. The standard InChI is InChI=1S/C31H17NO3S/c33-29-23-14-21-8-4-5-9-22(21)15-24(23)30(34)25(29)16-28-32-31-27(36-28)17-26(35-31)20-12-10-19(11-13-20)18-6-2-1-3-7-18/h1-17H. The number of carbonyl (C=O) groups is 2. The summed E-state index contributed by atoms with van der Waals surface area (Å²) in [5.74, 6) is 0.216. The van der Waals surface area contributed by atoms with E-state index >= 15 is 0 Å². The molecule has 0 radical (unpaired) electrons. The number of hydrogen-bond acceptors (Lipinski definition) is 5. The molecule has 0 amide bonds. The van der Waals surface area contributed by atoms with Crippen molar-refractivity contribution in [2.75, 3.05) is 0 Å². The Balaban J connectivity index is 1.19. The number of furan rings is 1. The van der Waals surface area contributed by atoms with E-state index in [2.05, 4.69) is 29.2 Å². The van der Waals surface area contributed by atoms with E-state index in [4.69, 9.17) is 4.42 Å². The highest BCUT2D eigenvalue weighted by atomic mass is 32.1. The topological polar surface area (TPSA) is 60.2 Å². The van der Waals surface area contributed by atoms with E-state index in [0.29, 0.717) is 21.8 Å². The molecule has 0 fully saturated rings. The van der Waals surface area contributed by atoms with Gasteiger partial charge in [0.1, 0.15) is 10.8 Å². The van der Waals surface area contributed by atoms with Crippen LogP contribution in [0.1, 0.15) is 25.7 Å². The SMILES string of the molecule is O=C1C(=Cc2nc3oc(-c4ccc(-c5ccccc5)cc4)cc3s2)C(=O)c2cc3ccccc3cc21. The Morgan fingerprint density at radius 2 is 1.25 bits per heavy atom. The molecule has 36 heavy (non-hydrogen) atoms. The number of Topliss-reactive ketones (excluding diaryl/α,β-unsaturated/α-hetero) is 2. The lowest BCUT2D eigenvalue weighted by molar-refractivity contribution is 0.0990. The molecular formula is C31H17NO3S. The Kier molecular flexibility index (Phi) is 4.59. The number of ketones is 2. The summed E-state index contributed by atoms with van der Waals surface area (Å²) in [4.78, 5) is 30.6. The van der Waals surface area contributed by atoms with Crippen LogP contribution in [0, 0.1) is 0 Å². The van der Waals surface area contributed by atoms with Crippen molar-refractivity contribution in [2.24, 2.45) is 0 Å². The molecule has 2 heterocycles. The molecule has 0 N–H and O–H groups in total. The van der Waals surface area contributed by atoms with Crippen molar-refractivity contribution in [2.45, 2.75) is 0 Å². The van der Waals surface area contributed by atoms with Crippen molar-refractivity contribution in [3.8, 4) is 22.5 Å². The van der Waals surface area contributed by atoms with Crippen LogP contribution in [0.3, 0.4) is 0 Å². The highest BCUT2D eigenvalue weighted by Gasteiger charge is 2.33. The summed E-state index contributed by atoms with van der Waals surface area (Å²) in [5.41, 5.74) is 4.81. The Morgan fingerprint density at radius 1 is 0.667 bits per heavy atom. The van der Waals surface area contributed by atoms with Crippen LogP contribution in [0.15, 0.2) is 107 Å². The van der Waals surface area contributed by atoms with Gasteiger partial charge in [-0.2, -0.15) is 0 Å². The van der Waals surface area contributed by atoms with Crippen LogP contribution >= 0.6 is 11.3 Å². The van der Waals surface area contributed by atoms with Crippen LogP contribution in [0.5, 0.6) is 0 Å². The fourth-order valence-electron chi connectivity index (χ4n) is 4.68. The lowest BCUT2D eigenvalue weighted by Gasteiger charge is -2.02. The summed E-state index contributed by atoms with van der Waals surface area (Å²) in [6, 6.07) is 31.7. The van der Waals surface area contributed by atoms with Gasteiger partial charge in [-0.3, -0.25) is 9.59 Å². The third-order valence-electron chi connectivity index (χ3n) is 6.51. The first-order valence-corrected chi connectivity index (χ1v) is 12.4. The van der Waals surface area contributed by atoms with Crippen molar-refractivity contribution in [3.63, 3.8) is 0 Å². The van der Waals surface area contributed by atoms with E-state index in [1.807, 2.05) is 60.7 Å². The van der Waals surface area contributed by atoms with Gasteiger partial charge in [-0.15, -0.1) is 11.3 Å². The molecule has 1 aliphatic carbocycles. The number of hydrogen-bond donors (Lipinski definition) is 0. The molecule has 0 saturated heterocycles. The molecular weight excluding hydrogens is 466 g/mol. The average Bonchev–Trinajstić information content (AvgIpc) is 3.56. The van der Waals surface area contributed by atoms with Gasteiger partial charge in [-0.25, -0.2) is 4.98 Å². The molecule has 4 nitrogen and oxygen atoms in total. The number of carbonyl (C=O) groups excluding carboxylic acids is 2. The van der Waals surface area contributed by atoms with Crippen molar-refractivity contribution >= 4 is 50.2 Å². The van der Waals surface area contributed by atoms with Gasteiger partial charge in [0.25, 0.3) is 0 Å². The maximum atomic E-state index is 13.0. The number of aromatic nitrogens is 1. The van der Waals surface area contributed by atoms with Gasteiger partial charge in [0, 0.05) is 22.8 Å². The fraction of sp³-hybridized carbons (Fsp3) is 0. The Bertz CT molecular complexity index is 1770. The Morgan fingerprint density at radius 3 is 1.89 bits per heavy atom. The molecule has 0 bridgehead atoms. The lowest BCUT2D eigenvalue weighted by atomic mass is 10.0. The summed E-state index contributed by atoms with van der Waals surface area (Å²) in [7, 11) is 0. The number of allylic oxidation sites excluding steroid dienone is 1. The van der Waals surface area contributed by atoms with E-state index in [9.17, 15) is 9.59 Å². The van der Waals surface area contributed by atoms with Gasteiger partial charge in [0.15, 0.2) is 11.6 Å². The van der Waals surface area contributed by atoms with Crippen LogP contribution in [0.4, 0.5) is 0 Å². The molecule has 7 rings (SSSR count). The van der Waals surface area contributed by atoms with Crippen LogP contribution in [0.25, 0.3) is 49.7 Å². The predicted octanol–water partition coefficient (Wildman–Crippen LogP) is 7.84. The minimum absolute atomic E-state index is 0.147. The molecule has 6 aromatic rings. The maximum absolute atomic E-state index is 13.0. The van der Waals surface area contributed by atoms with E-state index in [-0.39, 0.29) is 17.1 Å². The maximum Gasteiger partial charge on any atom is 0.238 e. The largest absolute Gasteiger partial charge is 0.437 e. The molecule has 1 aliphatic rings. The van der Waals surface area contributed by atoms with Crippen LogP contribution in [0.2, 0.25) is 0 Å². The number of rotatable bonds is 3. The molecule has 0 aliphatic heterocycles. The summed E-state index contributed by atoms with van der Waals surface area (Å²) in [6.07, 6.45) is 1.59. The molecule has 0 atom stereocenters. The number of thiazole rings is 1. The van der Waals surface area contributed by atoms with Gasteiger partial charge in [-0.05, 0) is 40.1 Å². The van der Waals surface area contributed by atoms with Gasteiger partial charge < -0.3 is 4.42 Å². The Hall–Kier alpha value is -4.61. The fourth-order valence-corrected chi connectivity index (χ4v) is 5.55. The first-order chi connectivity index (χ1) is 17.6. The first-order valence-electron chi connectivity index (χ1n) is 11.5. The second kappa shape index (κ2) is 7.97. The number of nitrogens with zero attached hydrogens (tertiary/aromatic N) is 1. The zero-order valence-corrected chi connectivity index (χ0v) is 19.7. The third kappa shape index (κ3) is 3.33. The minimum Gasteiger partial charge on any atom is -0.437 e. The van der Waals surface area contributed by atoms with Crippen LogP contribution < -0.4 is 0 Å². The molecule has 2 aromatic heterocycles. The average molecular weight is 484 g/mol. The molecule has 170 valence electrons. The van der Waals surface area contributed by atoms with Crippen LogP contribution in [-0.2, 0) is 0 Å². The number of fused-ring (bicyclic) bond motifs is 3. The molecule has 0 saturated carbocycles. The zero-order chi connectivity index (χ0) is 24.2. The summed E-state index contributed by atoms with van der Waals surface area (Å²) in [6.45, 7) is 0. The third-order valence-corrected chi connectivity index (χ3v) is 7.45. The van der Waals surface area contributed by atoms with E-state index in [1.54, 1.807) is 18.2 Å². The lowest BCUT2D eigenvalue weighted by Crippen LogP contribution is -2.00. The molecule has 0 unspecified atom stereocenters. The van der Waals surface area contributed by atoms with Gasteiger partial charge >= 0.3 is 0 Å². The summed E-state index contributed by atoms with van der Waals surface area (Å²) >= 11 is 1.40. The van der Waals surface area contributed by atoms with Crippen LogP contribution in [-0.4, -0.2) is 16.6 Å². The van der Waals surface area contributed by atoms with Crippen molar-refractivity contribution in [1.82, 2.24) is 4.98 Å². The van der Waals surface area contributed by atoms with Crippen molar-refractivity contribution in [3.05, 3.63) is 119 Å². The first kappa shape index (κ1) is 20.7. The van der Waals surface area contributed by atoms with Gasteiger partial charge in [-0.1, -0.05) is 78.9 Å². The second-order valence-corrected chi connectivity index (χ2v) is 9.80. The quantitative estimate of drug-likeness (QED) is 0.190. The number of benzene rings is 4. The Labute approximate surface area is 210 Å². The molecule has 4 aromatic carbocycles. The predicted molar refractivity (Wildman–Crippen MR) is 143 cm³/mol. The minimum atomic E-state index is -0.258. The summed E-state index contributed by atoms with van der Waals surface area (Å²) in [5, 5.41) is 2.45. The van der Waals surface area contributed by atoms with Crippen molar-refractivity contribution in [1.29, 1.82) is 0 Å². The van der Waals surface area contributed by atoms with Gasteiger partial charge in [0.05, 0.1) is 10.3 Å². The highest BCUT2D eigenvalue weighted by molar-refractivity contribution is 7.19. The zero-order valence-electron chi connectivity index (χ0n) is 18.9.